The molecule has 0 N–H and O–H groups in total. The van der Waals surface area contributed by atoms with E-state index in [4.69, 9.17) is 5.26 Å². The molecule has 0 fully saturated rings. The van der Waals surface area contributed by atoms with Gasteiger partial charge >= 0.3 is 0 Å². The van der Waals surface area contributed by atoms with Crippen LogP contribution in [0.3, 0.4) is 0 Å². The minimum absolute atomic E-state index is 0.290. The fourth-order valence-corrected chi connectivity index (χ4v) is 3.72. The largest absolute Gasteiger partial charge is 0.317 e. The lowest BCUT2D eigenvalue weighted by molar-refractivity contribution is 0.0998. The van der Waals surface area contributed by atoms with Gasteiger partial charge in [0, 0.05) is 12.1 Å². The molecule has 1 heterocycles. The van der Waals surface area contributed by atoms with Gasteiger partial charge in [0.25, 0.3) is 5.91 Å². The lowest BCUT2D eigenvalue weighted by atomic mass is 10.1. The first kappa shape index (κ1) is 16.2. The van der Waals surface area contributed by atoms with Crippen molar-refractivity contribution in [3.8, 4) is 6.07 Å². The minimum Gasteiger partial charge on any atom is -0.317 e. The third-order valence-corrected chi connectivity index (χ3v) is 5.11. The van der Waals surface area contributed by atoms with Gasteiger partial charge in [-0.15, -0.1) is 0 Å². The molecular weight excluding hydrogens is 318 g/mol. The van der Waals surface area contributed by atoms with Crippen molar-refractivity contribution in [2.24, 2.45) is 4.99 Å². The molecule has 0 bridgehead atoms. The molecule has 1 amide bonds. The van der Waals surface area contributed by atoms with Crippen molar-refractivity contribution >= 4 is 27.5 Å². The van der Waals surface area contributed by atoms with E-state index in [1.54, 1.807) is 24.3 Å². The standard InChI is InChI=1S/C19H17N3OS/c1-4-22-16-9-12(2)13(3)10-17(16)24-19(22)21-18(23)15-7-5-14(11-20)6-8-15/h5-10H,4H2,1-3H3. The van der Waals surface area contributed by atoms with E-state index >= 15 is 0 Å². The number of hydrogen-bond donors (Lipinski definition) is 0. The first-order valence-electron chi connectivity index (χ1n) is 7.73. The lowest BCUT2D eigenvalue weighted by Gasteiger charge is -2.03. The van der Waals surface area contributed by atoms with Gasteiger partial charge < -0.3 is 4.57 Å². The Balaban J connectivity index is 2.11. The normalized spacial score (nSPS) is 11.7. The van der Waals surface area contributed by atoms with Crippen LogP contribution in [0.2, 0.25) is 0 Å². The zero-order chi connectivity index (χ0) is 17.3. The first-order chi connectivity index (χ1) is 11.5. The maximum atomic E-state index is 12.4. The predicted molar refractivity (Wildman–Crippen MR) is 96.0 cm³/mol. The van der Waals surface area contributed by atoms with Crippen LogP contribution in [0.4, 0.5) is 0 Å². The van der Waals surface area contributed by atoms with Crippen LogP contribution in [-0.2, 0) is 6.54 Å². The van der Waals surface area contributed by atoms with Gasteiger partial charge in [0.15, 0.2) is 4.80 Å². The van der Waals surface area contributed by atoms with E-state index in [0.717, 1.165) is 16.8 Å². The van der Waals surface area contributed by atoms with E-state index in [-0.39, 0.29) is 5.91 Å². The van der Waals surface area contributed by atoms with Crippen molar-refractivity contribution in [2.75, 3.05) is 0 Å². The predicted octanol–water partition coefficient (Wildman–Crippen LogP) is 3.95. The van der Waals surface area contributed by atoms with Gasteiger partial charge in [0.1, 0.15) is 0 Å². The number of benzene rings is 2. The molecule has 0 unspecified atom stereocenters. The number of nitriles is 1. The molecular formula is C19H17N3OS. The second kappa shape index (κ2) is 6.42. The summed E-state index contributed by atoms with van der Waals surface area (Å²) < 4.78 is 3.19. The summed E-state index contributed by atoms with van der Waals surface area (Å²) in [4.78, 5) is 17.4. The molecule has 3 rings (SSSR count). The average molecular weight is 335 g/mol. The highest BCUT2D eigenvalue weighted by atomic mass is 32.1. The summed E-state index contributed by atoms with van der Waals surface area (Å²) in [7, 11) is 0. The molecule has 1 aromatic heterocycles. The van der Waals surface area contributed by atoms with Crippen LogP contribution >= 0.6 is 11.3 Å². The van der Waals surface area contributed by atoms with E-state index in [1.807, 2.05) is 13.0 Å². The van der Waals surface area contributed by atoms with Crippen LogP contribution in [0.5, 0.6) is 0 Å². The Morgan fingerprint density at radius 3 is 2.50 bits per heavy atom. The second-order valence-electron chi connectivity index (χ2n) is 5.64. The van der Waals surface area contributed by atoms with Crippen LogP contribution in [0.1, 0.15) is 34.0 Å². The van der Waals surface area contributed by atoms with Gasteiger partial charge in [-0.1, -0.05) is 11.3 Å². The number of amides is 1. The molecule has 0 aliphatic heterocycles. The van der Waals surface area contributed by atoms with Crippen LogP contribution < -0.4 is 4.80 Å². The highest BCUT2D eigenvalue weighted by Crippen LogP contribution is 2.22. The molecule has 0 atom stereocenters. The van der Waals surface area contributed by atoms with Crippen LogP contribution in [0, 0.1) is 25.2 Å². The van der Waals surface area contributed by atoms with Crippen molar-refractivity contribution in [1.29, 1.82) is 5.26 Å². The monoisotopic (exact) mass is 335 g/mol. The molecule has 4 nitrogen and oxygen atoms in total. The highest BCUT2D eigenvalue weighted by molar-refractivity contribution is 7.16. The van der Waals surface area contributed by atoms with Crippen LogP contribution in [-0.4, -0.2) is 10.5 Å². The molecule has 0 spiro atoms. The van der Waals surface area contributed by atoms with E-state index in [0.29, 0.717) is 15.9 Å². The number of rotatable bonds is 2. The zero-order valence-corrected chi connectivity index (χ0v) is 14.6. The summed E-state index contributed by atoms with van der Waals surface area (Å²) in [6.07, 6.45) is 0. The second-order valence-corrected chi connectivity index (χ2v) is 6.65. The molecule has 0 saturated heterocycles. The van der Waals surface area contributed by atoms with Gasteiger partial charge in [0.05, 0.1) is 21.8 Å². The van der Waals surface area contributed by atoms with Gasteiger partial charge in [-0.05, 0) is 68.3 Å². The fourth-order valence-electron chi connectivity index (χ4n) is 2.55. The maximum absolute atomic E-state index is 12.4. The van der Waals surface area contributed by atoms with E-state index in [2.05, 4.69) is 35.5 Å². The SMILES string of the molecule is CCn1c(=NC(=O)c2ccc(C#N)cc2)sc2cc(C)c(C)cc21. The van der Waals surface area contributed by atoms with Gasteiger partial charge in [0.2, 0.25) is 0 Å². The Morgan fingerprint density at radius 1 is 1.21 bits per heavy atom. The third kappa shape index (κ3) is 2.89. The number of fused-ring (bicyclic) bond motifs is 1. The highest BCUT2D eigenvalue weighted by Gasteiger charge is 2.09. The average Bonchev–Trinajstić information content (AvgIpc) is 2.91. The number of aryl methyl sites for hydroxylation is 3. The Hall–Kier alpha value is -2.71. The third-order valence-electron chi connectivity index (χ3n) is 4.07. The van der Waals surface area contributed by atoms with E-state index in [9.17, 15) is 4.79 Å². The molecule has 0 aliphatic carbocycles. The minimum atomic E-state index is -0.290. The number of carbonyl (C=O) groups excluding carboxylic acids is 1. The molecule has 2 aromatic carbocycles. The molecule has 3 aromatic rings. The fraction of sp³-hybridized carbons (Fsp3) is 0.211. The molecule has 0 aliphatic rings. The molecule has 0 saturated carbocycles. The summed E-state index contributed by atoms with van der Waals surface area (Å²) in [6, 6.07) is 12.9. The summed E-state index contributed by atoms with van der Waals surface area (Å²) >= 11 is 1.53. The number of hydrogen-bond acceptors (Lipinski definition) is 3. The van der Waals surface area contributed by atoms with Crippen molar-refractivity contribution in [3.05, 3.63) is 63.5 Å². The Bertz CT molecular complexity index is 1030. The topological polar surface area (TPSA) is 58.1 Å². The zero-order valence-electron chi connectivity index (χ0n) is 13.8. The number of nitrogens with zero attached hydrogens (tertiary/aromatic N) is 3. The smallest absolute Gasteiger partial charge is 0.279 e. The van der Waals surface area contributed by atoms with Crippen molar-refractivity contribution in [3.63, 3.8) is 0 Å². The molecule has 24 heavy (non-hydrogen) atoms. The van der Waals surface area contributed by atoms with E-state index < -0.39 is 0 Å². The first-order valence-corrected chi connectivity index (χ1v) is 8.55. The molecule has 120 valence electrons. The quantitative estimate of drug-likeness (QED) is 0.712. The Kier molecular flexibility index (Phi) is 4.32. The number of aromatic nitrogens is 1. The summed E-state index contributed by atoms with van der Waals surface area (Å²) in [5, 5.41) is 8.84. The van der Waals surface area contributed by atoms with Gasteiger partial charge in [-0.25, -0.2) is 0 Å². The molecule has 0 radical (unpaired) electrons. The van der Waals surface area contributed by atoms with Gasteiger partial charge in [-0.3, -0.25) is 4.79 Å². The molecule has 5 heteroatoms. The maximum Gasteiger partial charge on any atom is 0.279 e. The number of thiazole rings is 1. The van der Waals surface area contributed by atoms with Crippen molar-refractivity contribution in [2.45, 2.75) is 27.3 Å². The summed E-state index contributed by atoms with van der Waals surface area (Å²) in [5.74, 6) is -0.290. The summed E-state index contributed by atoms with van der Waals surface area (Å²) in [5.41, 5.74) is 4.59. The van der Waals surface area contributed by atoms with Crippen LogP contribution in [0.25, 0.3) is 10.2 Å². The van der Waals surface area contributed by atoms with Gasteiger partial charge in [-0.2, -0.15) is 10.3 Å². The summed E-state index contributed by atoms with van der Waals surface area (Å²) in [6.45, 7) is 6.98. The van der Waals surface area contributed by atoms with Crippen molar-refractivity contribution < 1.29 is 4.79 Å². The van der Waals surface area contributed by atoms with E-state index in [1.165, 1.54) is 22.5 Å². The Morgan fingerprint density at radius 2 is 1.88 bits per heavy atom. The lowest BCUT2D eigenvalue weighted by Crippen LogP contribution is -2.15. The van der Waals surface area contributed by atoms with Crippen molar-refractivity contribution in [1.82, 2.24) is 4.57 Å². The van der Waals surface area contributed by atoms with Crippen LogP contribution in [0.15, 0.2) is 41.4 Å². The Labute approximate surface area is 144 Å². The number of carbonyl (C=O) groups is 1.